The molecule has 0 aliphatic carbocycles. The van der Waals surface area contributed by atoms with E-state index in [1.807, 2.05) is 0 Å². The van der Waals surface area contributed by atoms with Gasteiger partial charge < -0.3 is 15.3 Å². The Balaban J connectivity index is 2.17. The highest BCUT2D eigenvalue weighted by molar-refractivity contribution is 6.29. The minimum absolute atomic E-state index is 0.0560. The van der Waals surface area contributed by atoms with Crippen LogP contribution in [0.2, 0.25) is 5.15 Å². The molecule has 0 aliphatic rings. The number of aromatic nitrogens is 1. The molecule has 0 radical (unpaired) electrons. The monoisotopic (exact) mass is 293 g/mol. The van der Waals surface area contributed by atoms with Crippen molar-refractivity contribution in [2.24, 2.45) is 4.99 Å². The third kappa shape index (κ3) is 3.52. The number of methoxy groups -OCH3 is 1. The minimum Gasteiger partial charge on any atom is -0.497 e. The van der Waals surface area contributed by atoms with E-state index in [0.717, 1.165) is 4.73 Å². The topological polar surface area (TPSA) is 75.8 Å². The third-order valence-corrected chi connectivity index (χ3v) is 2.71. The number of pyridine rings is 1. The molecule has 1 aromatic heterocycles. The fraction of sp³-hybridized carbons (Fsp3) is 0.0769. The molecule has 2 amide bonds. The lowest BCUT2D eigenvalue weighted by molar-refractivity contribution is 0.185. The number of hydrogen-bond acceptors (Lipinski definition) is 3. The maximum atomic E-state index is 11.7. The first-order valence-electron chi connectivity index (χ1n) is 5.66. The fourth-order valence-corrected chi connectivity index (χ4v) is 1.66. The van der Waals surface area contributed by atoms with Crippen LogP contribution < -0.4 is 15.4 Å². The van der Waals surface area contributed by atoms with E-state index in [9.17, 15) is 10.0 Å². The summed E-state index contributed by atoms with van der Waals surface area (Å²) in [5.41, 5.74) is 0.567. The summed E-state index contributed by atoms with van der Waals surface area (Å²) in [6.07, 6.45) is 1.29. The molecule has 7 heteroatoms. The summed E-state index contributed by atoms with van der Waals surface area (Å²) in [5.74, 6) is 0.631. The van der Waals surface area contributed by atoms with E-state index < -0.39 is 6.03 Å². The lowest BCUT2D eigenvalue weighted by atomic mass is 10.3. The first kappa shape index (κ1) is 14.0. The van der Waals surface area contributed by atoms with Crippen LogP contribution >= 0.6 is 11.6 Å². The van der Waals surface area contributed by atoms with Gasteiger partial charge in [-0.3, -0.25) is 0 Å². The van der Waals surface area contributed by atoms with E-state index in [1.165, 1.54) is 18.3 Å². The zero-order valence-corrected chi connectivity index (χ0v) is 11.3. The number of nitrogens with zero attached hydrogens (tertiary/aromatic N) is 2. The molecule has 6 nitrogen and oxygen atoms in total. The average molecular weight is 294 g/mol. The molecule has 0 saturated heterocycles. The summed E-state index contributed by atoms with van der Waals surface area (Å²) >= 11 is 5.70. The van der Waals surface area contributed by atoms with E-state index in [1.54, 1.807) is 31.4 Å². The summed E-state index contributed by atoms with van der Waals surface area (Å²) in [6.45, 7) is 0. The number of halogens is 1. The molecule has 0 unspecified atom stereocenters. The number of ether oxygens (including phenoxy) is 1. The van der Waals surface area contributed by atoms with Crippen LogP contribution in [0.25, 0.3) is 0 Å². The molecule has 0 saturated carbocycles. The van der Waals surface area contributed by atoms with E-state index in [4.69, 9.17) is 16.3 Å². The Bertz CT molecular complexity index is 697. The van der Waals surface area contributed by atoms with E-state index in [0.29, 0.717) is 16.8 Å². The molecule has 0 bridgehead atoms. The Morgan fingerprint density at radius 1 is 1.40 bits per heavy atom. The molecule has 2 aromatic rings. The second-order valence-corrected chi connectivity index (χ2v) is 4.21. The number of hydrogen-bond donors (Lipinski definition) is 2. The molecule has 104 valence electrons. The van der Waals surface area contributed by atoms with Gasteiger partial charge in [0.05, 0.1) is 12.5 Å². The van der Waals surface area contributed by atoms with Gasteiger partial charge >= 0.3 is 6.03 Å². The van der Waals surface area contributed by atoms with Gasteiger partial charge in [0, 0.05) is 24.0 Å². The van der Waals surface area contributed by atoms with Gasteiger partial charge in [0.1, 0.15) is 10.9 Å². The molecular weight excluding hydrogens is 282 g/mol. The predicted octanol–water partition coefficient (Wildman–Crippen LogP) is 2.52. The minimum atomic E-state index is -0.551. The first-order valence-corrected chi connectivity index (χ1v) is 6.03. The molecule has 0 spiro atoms. The molecule has 20 heavy (non-hydrogen) atoms. The lowest BCUT2D eigenvalue weighted by Crippen LogP contribution is -2.13. The van der Waals surface area contributed by atoms with Gasteiger partial charge in [0.15, 0.2) is 0 Å². The van der Waals surface area contributed by atoms with Crippen LogP contribution in [0.5, 0.6) is 5.75 Å². The Morgan fingerprint density at radius 3 is 2.90 bits per heavy atom. The first-order chi connectivity index (χ1) is 9.58. The maximum absolute atomic E-state index is 11.7. The van der Waals surface area contributed by atoms with Gasteiger partial charge in [-0.25, -0.2) is 4.79 Å². The summed E-state index contributed by atoms with van der Waals surface area (Å²) in [6, 6.07) is 9.18. The highest BCUT2D eigenvalue weighted by Gasteiger charge is 2.01. The van der Waals surface area contributed by atoms with Crippen molar-refractivity contribution in [3.63, 3.8) is 0 Å². The zero-order valence-electron chi connectivity index (χ0n) is 10.6. The number of rotatable bonds is 2. The van der Waals surface area contributed by atoms with Crippen LogP contribution in [0, 0.1) is 0 Å². The standard InChI is InChI=1S/C13H12ClN3O3/c1-20-11-4-2-3-9(7-11)15-13(18)16-10-5-6-17(19)12(14)8-10/h2-8,19H,1H3,(H,15,18)/b16-10+. The number of urea groups is 1. The molecular formula is C13H12ClN3O3. The summed E-state index contributed by atoms with van der Waals surface area (Å²) in [7, 11) is 1.54. The molecule has 1 heterocycles. The summed E-state index contributed by atoms with van der Waals surface area (Å²) in [4.78, 5) is 15.6. The number of nitrogens with one attached hydrogen (secondary N) is 1. The van der Waals surface area contributed by atoms with Gasteiger partial charge in [0.2, 0.25) is 0 Å². The molecule has 1 aromatic carbocycles. The number of benzene rings is 1. The Hall–Kier alpha value is -2.47. The zero-order chi connectivity index (χ0) is 14.5. The van der Waals surface area contributed by atoms with E-state index in [2.05, 4.69) is 10.3 Å². The highest BCUT2D eigenvalue weighted by Crippen LogP contribution is 2.16. The summed E-state index contributed by atoms with van der Waals surface area (Å²) in [5, 5.41) is 12.2. The van der Waals surface area contributed by atoms with Crippen LogP contribution in [-0.4, -0.2) is 23.1 Å². The molecule has 0 atom stereocenters. The number of anilines is 1. The Labute approximate surface area is 119 Å². The van der Waals surface area contributed by atoms with Crippen molar-refractivity contribution < 1.29 is 14.7 Å². The largest absolute Gasteiger partial charge is 0.497 e. The van der Waals surface area contributed by atoms with Crippen molar-refractivity contribution in [1.82, 2.24) is 4.73 Å². The second kappa shape index (κ2) is 6.12. The fourth-order valence-electron chi connectivity index (χ4n) is 1.49. The molecule has 0 aliphatic heterocycles. The van der Waals surface area contributed by atoms with Crippen molar-refractivity contribution in [2.45, 2.75) is 0 Å². The maximum Gasteiger partial charge on any atom is 0.345 e. The Kier molecular flexibility index (Phi) is 4.27. The predicted molar refractivity (Wildman–Crippen MR) is 74.2 cm³/mol. The van der Waals surface area contributed by atoms with Crippen LogP contribution in [-0.2, 0) is 0 Å². The van der Waals surface area contributed by atoms with Gasteiger partial charge in [-0.1, -0.05) is 17.7 Å². The smallest absolute Gasteiger partial charge is 0.345 e. The van der Waals surface area contributed by atoms with Gasteiger partial charge in [-0.15, -0.1) is 0 Å². The number of amides is 2. The normalized spacial score (nSPS) is 11.2. The summed E-state index contributed by atoms with van der Waals surface area (Å²) < 4.78 is 5.78. The van der Waals surface area contributed by atoms with Crippen LogP contribution in [0.4, 0.5) is 10.5 Å². The Morgan fingerprint density at radius 2 is 2.20 bits per heavy atom. The third-order valence-electron chi connectivity index (χ3n) is 2.42. The van der Waals surface area contributed by atoms with Crippen molar-refractivity contribution in [2.75, 3.05) is 12.4 Å². The molecule has 2 N–H and O–H groups in total. The second-order valence-electron chi connectivity index (χ2n) is 3.83. The lowest BCUT2D eigenvalue weighted by Gasteiger charge is -2.04. The van der Waals surface area contributed by atoms with Gasteiger partial charge in [-0.05, 0) is 18.2 Å². The number of carbonyl (C=O) groups is 1. The SMILES string of the molecule is COc1cccc(NC(=O)/N=c2\ccn(O)c(Cl)c2)c1. The van der Waals surface area contributed by atoms with Crippen molar-refractivity contribution >= 4 is 23.3 Å². The van der Waals surface area contributed by atoms with Crippen molar-refractivity contribution in [1.29, 1.82) is 0 Å². The average Bonchev–Trinajstić information content (AvgIpc) is 2.43. The van der Waals surface area contributed by atoms with Crippen molar-refractivity contribution in [3.05, 3.63) is 53.1 Å². The number of carbonyl (C=O) groups excluding carboxylic acids is 1. The molecule has 0 fully saturated rings. The van der Waals surface area contributed by atoms with Crippen LogP contribution in [0.3, 0.4) is 0 Å². The van der Waals surface area contributed by atoms with Crippen molar-refractivity contribution in [3.8, 4) is 5.75 Å². The molecule has 2 rings (SSSR count). The van der Waals surface area contributed by atoms with Crippen LogP contribution in [0.1, 0.15) is 0 Å². The van der Waals surface area contributed by atoms with Gasteiger partial charge in [0.25, 0.3) is 0 Å². The van der Waals surface area contributed by atoms with E-state index >= 15 is 0 Å². The van der Waals surface area contributed by atoms with E-state index in [-0.39, 0.29) is 5.15 Å². The quantitative estimate of drug-likeness (QED) is 0.660. The van der Waals surface area contributed by atoms with Crippen LogP contribution in [0.15, 0.2) is 47.6 Å². The highest BCUT2D eigenvalue weighted by atomic mass is 35.5. The van der Waals surface area contributed by atoms with Gasteiger partial charge in [-0.2, -0.15) is 9.72 Å².